The highest BCUT2D eigenvalue weighted by atomic mass is 16.1. The molecule has 0 aliphatic carbocycles. The van der Waals surface area contributed by atoms with Gasteiger partial charge in [-0.05, 0) is 60.7 Å². The van der Waals surface area contributed by atoms with Crippen LogP contribution in [0.5, 0.6) is 0 Å². The highest BCUT2D eigenvalue weighted by Crippen LogP contribution is 2.38. The van der Waals surface area contributed by atoms with Crippen molar-refractivity contribution in [2.75, 3.05) is 5.32 Å². The van der Waals surface area contributed by atoms with Gasteiger partial charge in [0, 0.05) is 47.4 Å². The zero-order valence-corrected chi connectivity index (χ0v) is 22.0. The Morgan fingerprint density at radius 2 is 1.92 bits per heavy atom. The minimum Gasteiger partial charge on any atom is -0.325 e. The first-order chi connectivity index (χ1) is 19.1. The highest BCUT2D eigenvalue weighted by Gasteiger charge is 2.28. The van der Waals surface area contributed by atoms with E-state index in [2.05, 4.69) is 38.4 Å². The second-order valence-electron chi connectivity index (χ2n) is 9.80. The summed E-state index contributed by atoms with van der Waals surface area (Å²) >= 11 is 0. The van der Waals surface area contributed by atoms with Crippen LogP contribution in [0, 0.1) is 5.92 Å². The van der Waals surface area contributed by atoms with E-state index in [4.69, 9.17) is 10.1 Å². The smallest absolute Gasteiger partial charge is 0.224 e. The maximum absolute atomic E-state index is 12.1. The number of aromatic amines is 1. The lowest BCUT2D eigenvalue weighted by Crippen LogP contribution is -2.22. The lowest BCUT2D eigenvalue weighted by molar-refractivity contribution is -0.116. The van der Waals surface area contributed by atoms with E-state index >= 15 is 0 Å². The fraction of sp³-hybridized carbons (Fsp3) is 0.226. The Hall–Kier alpha value is -4.72. The number of carbonyl (C=O) groups is 1. The number of nitrogens with zero attached hydrogens (tertiary/aromatic N) is 5. The summed E-state index contributed by atoms with van der Waals surface area (Å²) in [4.78, 5) is 30.6. The lowest BCUT2D eigenvalue weighted by Gasteiger charge is -2.24. The summed E-state index contributed by atoms with van der Waals surface area (Å²) in [5.41, 5.74) is 9.34. The van der Waals surface area contributed by atoms with Crippen molar-refractivity contribution in [3.05, 3.63) is 84.7 Å². The largest absolute Gasteiger partial charge is 0.325 e. The van der Waals surface area contributed by atoms with Gasteiger partial charge in [0.15, 0.2) is 0 Å². The lowest BCUT2D eigenvalue weighted by atomic mass is 9.84. The molecule has 8 heteroatoms. The van der Waals surface area contributed by atoms with Crippen molar-refractivity contribution in [2.24, 2.45) is 10.9 Å². The van der Waals surface area contributed by atoms with Gasteiger partial charge >= 0.3 is 0 Å². The number of benzene rings is 1. The molecule has 1 atom stereocenters. The Morgan fingerprint density at radius 1 is 1.03 bits per heavy atom. The van der Waals surface area contributed by atoms with Gasteiger partial charge in [0.1, 0.15) is 5.69 Å². The molecule has 2 N–H and O–H groups in total. The molecule has 8 nitrogen and oxygen atoms in total. The standard InChI is InChI=1S/C31H29N7O/c1-3-7-29(39)35-22-12-21(15-32-16-22)20-9-10-27-24(14-20)31(38-37-27)30-19(4-2)13-23-25(17-33-18-28(23)36-30)26-8-5-6-11-34-26/h5-6,8-12,14-19H,3-4,7,13H2,1-2H3,(H,35,39)(H,37,38). The molecule has 0 saturated carbocycles. The van der Waals surface area contributed by atoms with Crippen LogP contribution >= 0.6 is 0 Å². The third-order valence-electron chi connectivity index (χ3n) is 7.18. The molecule has 1 aromatic carbocycles. The van der Waals surface area contributed by atoms with E-state index in [1.54, 1.807) is 12.4 Å². The Balaban J connectivity index is 1.40. The summed E-state index contributed by atoms with van der Waals surface area (Å²) in [5.74, 6) is 0.196. The predicted molar refractivity (Wildman–Crippen MR) is 154 cm³/mol. The number of nitrogens with one attached hydrogen (secondary N) is 2. The number of aromatic nitrogens is 5. The minimum atomic E-state index is -0.00841. The summed E-state index contributed by atoms with van der Waals surface area (Å²) in [6.07, 6.45) is 12.1. The average molecular weight is 516 g/mol. The molecular weight excluding hydrogens is 486 g/mol. The van der Waals surface area contributed by atoms with E-state index in [1.165, 1.54) is 5.56 Å². The summed E-state index contributed by atoms with van der Waals surface area (Å²) in [5, 5.41) is 11.9. The fourth-order valence-corrected chi connectivity index (χ4v) is 5.18. The quantitative estimate of drug-likeness (QED) is 0.256. The van der Waals surface area contributed by atoms with Crippen molar-refractivity contribution >= 4 is 33.9 Å². The van der Waals surface area contributed by atoms with Gasteiger partial charge in [-0.3, -0.25) is 24.8 Å². The number of aliphatic imine (C=N–C) groups is 1. The molecule has 0 spiro atoms. The Morgan fingerprint density at radius 3 is 2.74 bits per heavy atom. The molecule has 5 aromatic rings. The van der Waals surface area contributed by atoms with E-state index in [0.717, 1.165) is 69.6 Å². The van der Waals surface area contributed by atoms with Crippen molar-refractivity contribution in [2.45, 2.75) is 39.5 Å². The molecule has 1 amide bonds. The molecule has 0 saturated heterocycles. The molecule has 0 bridgehead atoms. The maximum atomic E-state index is 12.1. The molecule has 1 aliphatic rings. The zero-order chi connectivity index (χ0) is 26.8. The number of hydrogen-bond donors (Lipinski definition) is 2. The fourth-order valence-electron chi connectivity index (χ4n) is 5.18. The van der Waals surface area contributed by atoms with Gasteiger partial charge < -0.3 is 5.32 Å². The summed E-state index contributed by atoms with van der Waals surface area (Å²) in [6.45, 7) is 4.18. The number of anilines is 1. The third-order valence-corrected chi connectivity index (χ3v) is 7.18. The first-order valence-electron chi connectivity index (χ1n) is 13.3. The minimum absolute atomic E-state index is 0.00841. The topological polar surface area (TPSA) is 109 Å². The van der Waals surface area contributed by atoms with Gasteiger partial charge in [0.05, 0.1) is 40.7 Å². The monoisotopic (exact) mass is 515 g/mol. The Bertz CT molecular complexity index is 1690. The number of hydrogen-bond acceptors (Lipinski definition) is 6. The van der Waals surface area contributed by atoms with Crippen LogP contribution in [0.1, 0.15) is 44.4 Å². The first kappa shape index (κ1) is 24.6. The van der Waals surface area contributed by atoms with E-state index in [-0.39, 0.29) is 11.8 Å². The molecule has 4 aromatic heterocycles. The number of carbonyl (C=O) groups excluding carboxylic acids is 1. The number of amides is 1. The summed E-state index contributed by atoms with van der Waals surface area (Å²) in [6, 6.07) is 14.1. The highest BCUT2D eigenvalue weighted by molar-refractivity contribution is 6.12. The second-order valence-corrected chi connectivity index (χ2v) is 9.80. The molecule has 1 unspecified atom stereocenters. The molecule has 1 aliphatic heterocycles. The number of pyridine rings is 3. The van der Waals surface area contributed by atoms with Crippen LogP contribution < -0.4 is 5.32 Å². The predicted octanol–water partition coefficient (Wildman–Crippen LogP) is 6.52. The second kappa shape index (κ2) is 10.6. The van der Waals surface area contributed by atoms with E-state index < -0.39 is 0 Å². The van der Waals surface area contributed by atoms with Crippen LogP contribution in [0.2, 0.25) is 0 Å². The van der Waals surface area contributed by atoms with Crippen molar-refractivity contribution in [1.82, 2.24) is 25.1 Å². The number of fused-ring (bicyclic) bond motifs is 2. The Labute approximate surface area is 226 Å². The van der Waals surface area contributed by atoms with Crippen LogP contribution in [0.15, 0.2) is 78.4 Å². The Kier molecular flexibility index (Phi) is 6.67. The van der Waals surface area contributed by atoms with Crippen LogP contribution in [0.4, 0.5) is 11.4 Å². The first-order valence-corrected chi connectivity index (χ1v) is 13.3. The average Bonchev–Trinajstić information content (AvgIpc) is 3.40. The molecule has 39 heavy (non-hydrogen) atoms. The number of H-pyrrole nitrogens is 1. The molecule has 0 radical (unpaired) electrons. The zero-order valence-electron chi connectivity index (χ0n) is 22.0. The van der Waals surface area contributed by atoms with Gasteiger partial charge in [-0.1, -0.05) is 26.0 Å². The van der Waals surface area contributed by atoms with E-state index in [9.17, 15) is 4.79 Å². The normalized spacial score (nSPS) is 14.6. The molecule has 5 heterocycles. The molecular formula is C31H29N7O. The third kappa shape index (κ3) is 4.81. The van der Waals surface area contributed by atoms with Crippen molar-refractivity contribution in [3.8, 4) is 22.4 Å². The molecule has 194 valence electrons. The van der Waals surface area contributed by atoms with Gasteiger partial charge in [-0.15, -0.1) is 0 Å². The van der Waals surface area contributed by atoms with Crippen molar-refractivity contribution in [3.63, 3.8) is 0 Å². The van der Waals surface area contributed by atoms with E-state index in [0.29, 0.717) is 12.1 Å². The van der Waals surface area contributed by atoms with Gasteiger partial charge in [0.25, 0.3) is 0 Å². The van der Waals surface area contributed by atoms with Crippen LogP contribution in [0.25, 0.3) is 33.3 Å². The van der Waals surface area contributed by atoms with Crippen molar-refractivity contribution < 1.29 is 4.79 Å². The van der Waals surface area contributed by atoms with Gasteiger partial charge in [-0.2, -0.15) is 5.10 Å². The molecule has 0 fully saturated rings. The van der Waals surface area contributed by atoms with E-state index in [1.807, 2.05) is 61.9 Å². The summed E-state index contributed by atoms with van der Waals surface area (Å²) in [7, 11) is 0. The van der Waals surface area contributed by atoms with Crippen molar-refractivity contribution in [1.29, 1.82) is 0 Å². The van der Waals surface area contributed by atoms with Crippen LogP contribution in [-0.2, 0) is 11.2 Å². The number of rotatable bonds is 7. The van der Waals surface area contributed by atoms with Gasteiger partial charge in [0.2, 0.25) is 5.91 Å². The van der Waals surface area contributed by atoms with Crippen LogP contribution in [0.3, 0.4) is 0 Å². The van der Waals surface area contributed by atoms with Crippen LogP contribution in [-0.4, -0.2) is 36.8 Å². The van der Waals surface area contributed by atoms with Gasteiger partial charge in [-0.25, -0.2) is 4.99 Å². The maximum Gasteiger partial charge on any atom is 0.224 e. The summed E-state index contributed by atoms with van der Waals surface area (Å²) < 4.78 is 0. The molecule has 6 rings (SSSR count). The SMILES string of the molecule is CCCC(=O)Nc1cncc(-c2ccc3[nH]nc(C4=Nc5cncc(-c6ccccn6)c5CC4CC)c3c2)c1.